The van der Waals surface area contributed by atoms with Gasteiger partial charge < -0.3 is 24.6 Å². The van der Waals surface area contributed by atoms with Gasteiger partial charge in [0.15, 0.2) is 0 Å². The van der Waals surface area contributed by atoms with E-state index in [0.29, 0.717) is 32.1 Å². The van der Waals surface area contributed by atoms with Gasteiger partial charge in [-0.15, -0.1) is 0 Å². The molecule has 1 aliphatic carbocycles. The first kappa shape index (κ1) is 26.2. The number of benzene rings is 1. The van der Waals surface area contributed by atoms with E-state index in [1.807, 2.05) is 48.5 Å². The summed E-state index contributed by atoms with van der Waals surface area (Å²) < 4.78 is 11.1. The Morgan fingerprint density at radius 3 is 2.62 bits per heavy atom. The number of carbonyl (C=O) groups excluding carboxylic acids is 1. The number of hydrogen-bond donors (Lipinski definition) is 2. The van der Waals surface area contributed by atoms with Crippen molar-refractivity contribution in [2.24, 2.45) is 0 Å². The first-order valence-electron chi connectivity index (χ1n) is 12.4. The summed E-state index contributed by atoms with van der Waals surface area (Å²) in [6.07, 6.45) is 6.46. The van der Waals surface area contributed by atoms with Crippen molar-refractivity contribution in [2.75, 3.05) is 54.1 Å². The first-order chi connectivity index (χ1) is 16.6. The molecule has 3 rings (SSSR count). The Labute approximate surface area is 204 Å². The summed E-state index contributed by atoms with van der Waals surface area (Å²) in [4.78, 5) is 17.3. The number of likely N-dealkylation sites (N-methyl/N-ethyl adjacent to an activating group) is 2. The molecule has 2 aromatic rings. The van der Waals surface area contributed by atoms with Crippen LogP contribution in [0.5, 0.6) is 5.75 Å². The van der Waals surface area contributed by atoms with E-state index < -0.39 is 0 Å². The van der Waals surface area contributed by atoms with Crippen molar-refractivity contribution in [3.05, 3.63) is 47.8 Å². The average molecular weight is 472 g/mol. The SMILES string of the molecule is CNCCN(C)Cc1cn[nH]c1C1CCC(N(CCOc2ccccc2)C(=O)CCOC)CC1. The fourth-order valence-electron chi connectivity index (χ4n) is 4.77. The van der Waals surface area contributed by atoms with Gasteiger partial charge in [-0.05, 0) is 51.9 Å². The van der Waals surface area contributed by atoms with E-state index in [0.717, 1.165) is 51.1 Å². The number of aromatic nitrogens is 2. The van der Waals surface area contributed by atoms with Crippen molar-refractivity contribution >= 4 is 5.91 Å². The number of para-hydroxylation sites is 1. The van der Waals surface area contributed by atoms with Crippen molar-refractivity contribution in [1.82, 2.24) is 25.3 Å². The third-order valence-electron chi connectivity index (χ3n) is 6.67. The second-order valence-corrected chi connectivity index (χ2v) is 9.15. The lowest BCUT2D eigenvalue weighted by molar-refractivity contribution is -0.135. The molecule has 188 valence electrons. The molecule has 2 N–H and O–H groups in total. The molecule has 8 nitrogen and oxygen atoms in total. The third-order valence-corrected chi connectivity index (χ3v) is 6.67. The van der Waals surface area contributed by atoms with E-state index in [2.05, 4.69) is 27.5 Å². The second-order valence-electron chi connectivity index (χ2n) is 9.15. The molecule has 1 fully saturated rings. The van der Waals surface area contributed by atoms with Crippen LogP contribution in [-0.2, 0) is 16.1 Å². The van der Waals surface area contributed by atoms with Gasteiger partial charge in [0.25, 0.3) is 0 Å². The highest BCUT2D eigenvalue weighted by molar-refractivity contribution is 5.76. The number of nitrogens with zero attached hydrogens (tertiary/aromatic N) is 3. The highest BCUT2D eigenvalue weighted by Crippen LogP contribution is 2.35. The summed E-state index contributed by atoms with van der Waals surface area (Å²) in [6, 6.07) is 10.0. The van der Waals surface area contributed by atoms with E-state index in [1.54, 1.807) is 7.11 Å². The summed E-state index contributed by atoms with van der Waals surface area (Å²) in [7, 11) is 5.76. The minimum atomic E-state index is 0.148. The molecule has 1 amide bonds. The average Bonchev–Trinajstić information content (AvgIpc) is 3.32. The molecule has 0 atom stereocenters. The van der Waals surface area contributed by atoms with Gasteiger partial charge in [-0.3, -0.25) is 9.89 Å². The monoisotopic (exact) mass is 471 g/mol. The lowest BCUT2D eigenvalue weighted by Gasteiger charge is -2.37. The Bertz CT molecular complexity index is 836. The van der Waals surface area contributed by atoms with Crippen molar-refractivity contribution in [2.45, 2.75) is 50.6 Å². The molecule has 1 aromatic heterocycles. The van der Waals surface area contributed by atoms with Crippen LogP contribution in [-0.4, -0.2) is 86.0 Å². The Balaban J connectivity index is 1.56. The summed E-state index contributed by atoms with van der Waals surface area (Å²) in [6.45, 7) is 4.40. The van der Waals surface area contributed by atoms with Crippen LogP contribution in [0.25, 0.3) is 0 Å². The van der Waals surface area contributed by atoms with Crippen LogP contribution < -0.4 is 10.1 Å². The van der Waals surface area contributed by atoms with Crippen LogP contribution in [0.1, 0.15) is 49.3 Å². The molecule has 34 heavy (non-hydrogen) atoms. The highest BCUT2D eigenvalue weighted by atomic mass is 16.5. The van der Waals surface area contributed by atoms with E-state index >= 15 is 0 Å². The number of rotatable bonds is 14. The van der Waals surface area contributed by atoms with Gasteiger partial charge in [0.2, 0.25) is 5.91 Å². The fraction of sp³-hybridized carbons (Fsp3) is 0.615. The smallest absolute Gasteiger partial charge is 0.225 e. The Hall–Kier alpha value is -2.42. The van der Waals surface area contributed by atoms with Gasteiger partial charge in [-0.25, -0.2) is 0 Å². The van der Waals surface area contributed by atoms with Crippen LogP contribution in [0.3, 0.4) is 0 Å². The topological polar surface area (TPSA) is 82.7 Å². The minimum Gasteiger partial charge on any atom is -0.492 e. The minimum absolute atomic E-state index is 0.148. The maximum Gasteiger partial charge on any atom is 0.225 e. The van der Waals surface area contributed by atoms with Crippen LogP contribution in [0.4, 0.5) is 0 Å². The summed E-state index contributed by atoms with van der Waals surface area (Å²) in [5.74, 6) is 1.44. The molecule has 1 aromatic carbocycles. The van der Waals surface area contributed by atoms with Gasteiger partial charge in [-0.1, -0.05) is 18.2 Å². The van der Waals surface area contributed by atoms with Crippen LogP contribution in [0, 0.1) is 0 Å². The molecule has 0 radical (unpaired) electrons. The number of aromatic amines is 1. The highest BCUT2D eigenvalue weighted by Gasteiger charge is 2.30. The summed E-state index contributed by atoms with van der Waals surface area (Å²) in [5.41, 5.74) is 2.55. The first-order valence-corrected chi connectivity index (χ1v) is 12.4. The summed E-state index contributed by atoms with van der Waals surface area (Å²) >= 11 is 0. The quantitative estimate of drug-likeness (QED) is 0.441. The van der Waals surface area contributed by atoms with Gasteiger partial charge >= 0.3 is 0 Å². The maximum atomic E-state index is 13.0. The normalized spacial score (nSPS) is 18.2. The number of nitrogens with one attached hydrogen (secondary N) is 2. The van der Waals surface area contributed by atoms with Gasteiger partial charge in [-0.2, -0.15) is 5.10 Å². The van der Waals surface area contributed by atoms with Gasteiger partial charge in [0.05, 0.1) is 25.8 Å². The van der Waals surface area contributed by atoms with E-state index in [9.17, 15) is 4.79 Å². The predicted octanol–water partition coefficient (Wildman–Crippen LogP) is 3.03. The van der Waals surface area contributed by atoms with Gasteiger partial charge in [0, 0.05) is 50.0 Å². The number of amides is 1. The molecule has 1 saturated carbocycles. The molecule has 0 unspecified atom stereocenters. The Morgan fingerprint density at radius 2 is 1.91 bits per heavy atom. The van der Waals surface area contributed by atoms with Crippen LogP contribution in [0.15, 0.2) is 36.5 Å². The molecule has 0 saturated heterocycles. The van der Waals surface area contributed by atoms with Crippen molar-refractivity contribution in [1.29, 1.82) is 0 Å². The molecule has 1 aliphatic rings. The van der Waals surface area contributed by atoms with Crippen molar-refractivity contribution in [3.63, 3.8) is 0 Å². The molecule has 0 spiro atoms. The van der Waals surface area contributed by atoms with Gasteiger partial charge in [0.1, 0.15) is 12.4 Å². The number of carbonyl (C=O) groups is 1. The largest absolute Gasteiger partial charge is 0.492 e. The second kappa shape index (κ2) is 14.1. The molecule has 0 aliphatic heterocycles. The maximum absolute atomic E-state index is 13.0. The van der Waals surface area contributed by atoms with Crippen molar-refractivity contribution in [3.8, 4) is 5.75 Å². The standard InChI is InChI=1S/C26H41N5O3/c1-27-14-15-30(2)20-22-19-28-29-26(22)21-9-11-23(12-10-21)31(25(32)13-17-33-3)16-18-34-24-7-5-4-6-8-24/h4-8,19,21,23,27H,9-18,20H2,1-3H3,(H,28,29). The lowest BCUT2D eigenvalue weighted by atomic mass is 9.82. The molecule has 1 heterocycles. The zero-order valence-corrected chi connectivity index (χ0v) is 21.0. The molecule has 0 bridgehead atoms. The number of ether oxygens (including phenoxy) is 2. The summed E-state index contributed by atoms with van der Waals surface area (Å²) in [5, 5.41) is 10.8. The number of methoxy groups -OCH3 is 1. The van der Waals surface area contributed by atoms with Crippen LogP contribution in [0.2, 0.25) is 0 Å². The van der Waals surface area contributed by atoms with E-state index in [4.69, 9.17) is 9.47 Å². The molecular weight excluding hydrogens is 430 g/mol. The third kappa shape index (κ3) is 7.82. The molecule has 8 heteroatoms. The zero-order chi connectivity index (χ0) is 24.2. The Morgan fingerprint density at radius 1 is 1.15 bits per heavy atom. The Kier molecular flexibility index (Phi) is 10.9. The van der Waals surface area contributed by atoms with E-state index in [1.165, 1.54) is 11.3 Å². The fourth-order valence-corrected chi connectivity index (χ4v) is 4.77. The van der Waals surface area contributed by atoms with Crippen molar-refractivity contribution < 1.29 is 14.3 Å². The number of hydrogen-bond acceptors (Lipinski definition) is 6. The van der Waals surface area contributed by atoms with E-state index in [-0.39, 0.29) is 11.9 Å². The van der Waals surface area contributed by atoms with Crippen LogP contribution >= 0.6 is 0 Å². The zero-order valence-electron chi connectivity index (χ0n) is 21.0. The lowest BCUT2D eigenvalue weighted by Crippen LogP contribution is -2.44. The predicted molar refractivity (Wildman–Crippen MR) is 134 cm³/mol. The number of H-pyrrole nitrogens is 1. The molecular formula is C26H41N5O3.